The summed E-state index contributed by atoms with van der Waals surface area (Å²) in [5, 5.41) is 2.95. The fourth-order valence-electron chi connectivity index (χ4n) is 1.67. The molecule has 0 aliphatic rings. The molecule has 86 valence electrons. The number of allylic oxidation sites excluding steroid dienone is 1. The summed E-state index contributed by atoms with van der Waals surface area (Å²) in [6, 6.07) is 8.14. The van der Waals surface area contributed by atoms with Gasteiger partial charge >= 0.3 is 0 Å². The lowest BCUT2D eigenvalue weighted by Gasteiger charge is -2.15. The first kappa shape index (κ1) is 12.5. The Morgan fingerprint density at radius 2 is 1.94 bits per heavy atom. The van der Waals surface area contributed by atoms with E-state index in [0.29, 0.717) is 0 Å². The third-order valence-electron chi connectivity index (χ3n) is 2.43. The molecule has 2 nitrogen and oxygen atoms in total. The quantitative estimate of drug-likeness (QED) is 0.774. The maximum Gasteiger partial charge on any atom is 0.244 e. The van der Waals surface area contributed by atoms with Crippen LogP contribution in [0.5, 0.6) is 0 Å². The van der Waals surface area contributed by atoms with Gasteiger partial charge < -0.3 is 5.32 Å². The average Bonchev–Trinajstić information content (AvgIpc) is 2.16. The highest BCUT2D eigenvalue weighted by Gasteiger charge is 2.09. The van der Waals surface area contributed by atoms with Crippen LogP contribution in [0.25, 0.3) is 0 Å². The van der Waals surface area contributed by atoms with Crippen molar-refractivity contribution in [1.82, 2.24) is 5.32 Å². The van der Waals surface area contributed by atoms with Gasteiger partial charge in [-0.3, -0.25) is 4.79 Å². The maximum absolute atomic E-state index is 11.6. The van der Waals surface area contributed by atoms with E-state index in [1.165, 1.54) is 5.56 Å². The fourth-order valence-corrected chi connectivity index (χ4v) is 1.67. The molecule has 1 unspecified atom stereocenters. The first-order chi connectivity index (χ1) is 7.50. The molecule has 0 fully saturated rings. The molecule has 1 N–H and O–H groups in total. The van der Waals surface area contributed by atoms with Crippen molar-refractivity contribution in [2.24, 2.45) is 0 Å². The van der Waals surface area contributed by atoms with Crippen LogP contribution < -0.4 is 5.32 Å². The molecular formula is C14H19NO. The molecule has 0 bridgehead atoms. The first-order valence-electron chi connectivity index (χ1n) is 5.51. The third kappa shape index (κ3) is 3.54. The van der Waals surface area contributed by atoms with Gasteiger partial charge in [0.25, 0.3) is 0 Å². The van der Waals surface area contributed by atoms with Gasteiger partial charge in [-0.05, 0) is 38.8 Å². The molecule has 0 saturated heterocycles. The zero-order chi connectivity index (χ0) is 12.1. The van der Waals surface area contributed by atoms with Crippen LogP contribution in [0.15, 0.2) is 35.9 Å². The second-order valence-electron chi connectivity index (χ2n) is 4.31. The van der Waals surface area contributed by atoms with E-state index < -0.39 is 0 Å². The minimum absolute atomic E-state index is 0.0317. The average molecular weight is 217 g/mol. The van der Waals surface area contributed by atoms with Gasteiger partial charge in [0.15, 0.2) is 0 Å². The fraction of sp³-hybridized carbons (Fsp3) is 0.357. The topological polar surface area (TPSA) is 29.1 Å². The monoisotopic (exact) mass is 217 g/mol. The number of benzene rings is 1. The van der Waals surface area contributed by atoms with Crippen LogP contribution >= 0.6 is 0 Å². The Hall–Kier alpha value is -1.57. The van der Waals surface area contributed by atoms with Crippen LogP contribution in [0.4, 0.5) is 0 Å². The maximum atomic E-state index is 11.6. The molecule has 1 atom stereocenters. The van der Waals surface area contributed by atoms with Crippen LogP contribution in [0, 0.1) is 6.92 Å². The third-order valence-corrected chi connectivity index (χ3v) is 2.43. The van der Waals surface area contributed by atoms with Crippen molar-refractivity contribution in [3.63, 3.8) is 0 Å². The molecule has 0 aliphatic carbocycles. The molecule has 1 aromatic carbocycles. The molecular weight excluding hydrogens is 198 g/mol. The Morgan fingerprint density at radius 1 is 1.31 bits per heavy atom. The Morgan fingerprint density at radius 3 is 2.50 bits per heavy atom. The predicted octanol–water partition coefficient (Wildman–Crippen LogP) is 3.14. The highest BCUT2D eigenvalue weighted by atomic mass is 16.1. The molecule has 16 heavy (non-hydrogen) atoms. The molecule has 0 spiro atoms. The normalized spacial score (nSPS) is 11.8. The first-order valence-corrected chi connectivity index (χ1v) is 5.51. The summed E-state index contributed by atoms with van der Waals surface area (Å²) in [7, 11) is 0. The van der Waals surface area contributed by atoms with E-state index in [0.717, 1.165) is 11.1 Å². The van der Waals surface area contributed by atoms with Crippen LogP contribution in [0.3, 0.4) is 0 Å². The molecule has 1 rings (SSSR count). The number of carbonyl (C=O) groups is 1. The molecule has 2 heteroatoms. The lowest BCUT2D eigenvalue weighted by molar-refractivity contribution is -0.117. The zero-order valence-corrected chi connectivity index (χ0v) is 10.4. The van der Waals surface area contributed by atoms with Crippen molar-refractivity contribution in [3.05, 3.63) is 47.0 Å². The van der Waals surface area contributed by atoms with E-state index in [2.05, 4.69) is 18.3 Å². The summed E-state index contributed by atoms with van der Waals surface area (Å²) in [4.78, 5) is 11.6. The standard InChI is InChI=1S/C14H19NO/c1-10(2)9-14(16)15-12(4)13-8-6-5-7-11(13)3/h5-9,12H,1-4H3,(H,15,16). The van der Waals surface area contributed by atoms with Gasteiger partial charge in [-0.1, -0.05) is 29.8 Å². The van der Waals surface area contributed by atoms with E-state index in [9.17, 15) is 4.79 Å². The largest absolute Gasteiger partial charge is 0.346 e. The van der Waals surface area contributed by atoms with Crippen molar-refractivity contribution < 1.29 is 4.79 Å². The summed E-state index contributed by atoms with van der Waals surface area (Å²) >= 11 is 0. The Bertz CT molecular complexity index is 403. The van der Waals surface area contributed by atoms with Crippen molar-refractivity contribution >= 4 is 5.91 Å². The smallest absolute Gasteiger partial charge is 0.244 e. The van der Waals surface area contributed by atoms with Gasteiger partial charge in [-0.15, -0.1) is 0 Å². The van der Waals surface area contributed by atoms with Crippen molar-refractivity contribution in [2.45, 2.75) is 33.7 Å². The minimum atomic E-state index is -0.0317. The van der Waals surface area contributed by atoms with Gasteiger partial charge in [-0.2, -0.15) is 0 Å². The lowest BCUT2D eigenvalue weighted by atomic mass is 10.0. The molecule has 1 aromatic rings. The van der Waals surface area contributed by atoms with Crippen LogP contribution in [-0.2, 0) is 4.79 Å². The Kier molecular flexibility index (Phi) is 4.29. The second kappa shape index (κ2) is 5.50. The summed E-state index contributed by atoms with van der Waals surface area (Å²) < 4.78 is 0. The number of nitrogens with one attached hydrogen (secondary N) is 1. The van der Waals surface area contributed by atoms with Gasteiger partial charge in [0, 0.05) is 6.08 Å². The lowest BCUT2D eigenvalue weighted by Crippen LogP contribution is -2.25. The van der Waals surface area contributed by atoms with E-state index in [1.54, 1.807) is 6.08 Å². The molecule has 0 aromatic heterocycles. The molecule has 0 radical (unpaired) electrons. The molecule has 0 aliphatic heterocycles. The van der Waals surface area contributed by atoms with E-state index in [-0.39, 0.29) is 11.9 Å². The number of carbonyl (C=O) groups excluding carboxylic acids is 1. The molecule has 1 amide bonds. The summed E-state index contributed by atoms with van der Waals surface area (Å²) in [6.45, 7) is 7.88. The van der Waals surface area contributed by atoms with Crippen molar-refractivity contribution in [1.29, 1.82) is 0 Å². The van der Waals surface area contributed by atoms with Crippen molar-refractivity contribution in [2.75, 3.05) is 0 Å². The Labute approximate surface area is 97.4 Å². The highest BCUT2D eigenvalue weighted by molar-refractivity contribution is 5.88. The zero-order valence-electron chi connectivity index (χ0n) is 10.4. The molecule has 0 saturated carbocycles. The van der Waals surface area contributed by atoms with Gasteiger partial charge in [0.2, 0.25) is 5.91 Å². The van der Waals surface area contributed by atoms with Crippen LogP contribution in [-0.4, -0.2) is 5.91 Å². The summed E-state index contributed by atoms with van der Waals surface area (Å²) in [6.07, 6.45) is 1.62. The number of hydrogen-bond donors (Lipinski definition) is 1. The van der Waals surface area contributed by atoms with Gasteiger partial charge in [0.05, 0.1) is 6.04 Å². The van der Waals surface area contributed by atoms with E-state index in [4.69, 9.17) is 0 Å². The van der Waals surface area contributed by atoms with E-state index >= 15 is 0 Å². The number of amides is 1. The summed E-state index contributed by atoms with van der Waals surface area (Å²) in [5.41, 5.74) is 3.37. The second-order valence-corrected chi connectivity index (χ2v) is 4.31. The number of rotatable bonds is 3. The minimum Gasteiger partial charge on any atom is -0.346 e. The Balaban J connectivity index is 2.73. The number of hydrogen-bond acceptors (Lipinski definition) is 1. The van der Waals surface area contributed by atoms with Crippen molar-refractivity contribution in [3.8, 4) is 0 Å². The summed E-state index contributed by atoms with van der Waals surface area (Å²) in [5.74, 6) is -0.0317. The van der Waals surface area contributed by atoms with Crippen LogP contribution in [0.2, 0.25) is 0 Å². The van der Waals surface area contributed by atoms with Gasteiger partial charge in [-0.25, -0.2) is 0 Å². The number of aryl methyl sites for hydroxylation is 1. The SMILES string of the molecule is CC(C)=CC(=O)NC(C)c1ccccc1C. The van der Waals surface area contributed by atoms with Gasteiger partial charge in [0.1, 0.15) is 0 Å². The van der Waals surface area contributed by atoms with Crippen LogP contribution in [0.1, 0.15) is 37.9 Å². The van der Waals surface area contributed by atoms with E-state index in [1.807, 2.05) is 39.0 Å². The highest BCUT2D eigenvalue weighted by Crippen LogP contribution is 2.16. The predicted molar refractivity (Wildman–Crippen MR) is 67.2 cm³/mol. The molecule has 0 heterocycles.